The lowest BCUT2D eigenvalue weighted by molar-refractivity contribution is -0.384. The number of hydrogen-bond donors (Lipinski definition) is 2. The molecule has 3 aromatic rings. The first kappa shape index (κ1) is 16.9. The zero-order chi connectivity index (χ0) is 18.7. The Morgan fingerprint density at radius 3 is 2.77 bits per heavy atom. The molecule has 0 radical (unpaired) electrons. The molecule has 0 atom stereocenters. The topological polar surface area (TPSA) is 112 Å². The van der Waals surface area contributed by atoms with Crippen LogP contribution in [0.1, 0.15) is 11.1 Å². The molecule has 2 N–H and O–H groups in total. The highest BCUT2D eigenvalue weighted by Crippen LogP contribution is 2.23. The highest BCUT2D eigenvalue weighted by atomic mass is 16.6. The van der Waals surface area contributed by atoms with Gasteiger partial charge in [-0.25, -0.2) is 0 Å². The molecule has 7 nitrogen and oxygen atoms in total. The summed E-state index contributed by atoms with van der Waals surface area (Å²) in [5.74, 6) is -0.574. The molecule has 0 spiro atoms. The lowest BCUT2D eigenvalue weighted by Gasteiger charge is -2.07. The monoisotopic (exact) mass is 346 g/mol. The van der Waals surface area contributed by atoms with E-state index in [0.717, 1.165) is 16.5 Å². The highest BCUT2D eigenvalue weighted by molar-refractivity contribution is 6.11. The summed E-state index contributed by atoms with van der Waals surface area (Å²) < 4.78 is 0. The van der Waals surface area contributed by atoms with Crippen molar-refractivity contribution in [2.45, 2.75) is 6.92 Å². The molecule has 0 saturated carbocycles. The van der Waals surface area contributed by atoms with Crippen LogP contribution in [0.2, 0.25) is 0 Å². The Labute approximate surface area is 148 Å². The normalized spacial score (nSPS) is 11.2. The van der Waals surface area contributed by atoms with Gasteiger partial charge in [-0.3, -0.25) is 14.9 Å². The standard InChI is InChI=1S/C19H14N4O3/c1-12-8-15(23(25)26)6-7-17(12)22-19(24)13(10-20)9-14-11-21-18-5-3-2-4-16(14)18/h2-9,11,21H,1H3,(H,22,24)/b13-9-. The first-order valence-electron chi connectivity index (χ1n) is 7.74. The number of para-hydroxylation sites is 1. The van der Waals surface area contributed by atoms with Crippen LogP contribution < -0.4 is 5.32 Å². The van der Waals surface area contributed by atoms with Gasteiger partial charge in [0.05, 0.1) is 4.92 Å². The second kappa shape index (κ2) is 6.91. The molecule has 0 bridgehead atoms. The maximum Gasteiger partial charge on any atom is 0.269 e. The Morgan fingerprint density at radius 1 is 1.31 bits per heavy atom. The summed E-state index contributed by atoms with van der Waals surface area (Å²) in [6.45, 7) is 1.65. The van der Waals surface area contributed by atoms with Crippen LogP contribution in [0.4, 0.5) is 11.4 Å². The van der Waals surface area contributed by atoms with Gasteiger partial charge in [0.15, 0.2) is 0 Å². The molecule has 0 unspecified atom stereocenters. The molecule has 0 saturated heterocycles. The van der Waals surface area contributed by atoms with Gasteiger partial charge >= 0.3 is 0 Å². The third kappa shape index (κ3) is 3.30. The number of nitrogens with one attached hydrogen (secondary N) is 2. The number of hydrogen-bond acceptors (Lipinski definition) is 4. The molecule has 2 aromatic carbocycles. The molecular formula is C19H14N4O3. The van der Waals surface area contributed by atoms with Crippen LogP contribution in [0.15, 0.2) is 54.2 Å². The number of anilines is 1. The first-order valence-corrected chi connectivity index (χ1v) is 7.74. The number of H-pyrrole nitrogens is 1. The van der Waals surface area contributed by atoms with Crippen molar-refractivity contribution in [2.75, 3.05) is 5.32 Å². The van der Waals surface area contributed by atoms with Gasteiger partial charge < -0.3 is 10.3 Å². The summed E-state index contributed by atoms with van der Waals surface area (Å²) in [5, 5.41) is 23.7. The highest BCUT2D eigenvalue weighted by Gasteiger charge is 2.14. The maximum absolute atomic E-state index is 12.4. The summed E-state index contributed by atoms with van der Waals surface area (Å²) in [7, 11) is 0. The fraction of sp³-hybridized carbons (Fsp3) is 0.0526. The SMILES string of the molecule is Cc1cc([N+](=O)[O-])ccc1NC(=O)/C(C#N)=C\c1c[nH]c2ccccc12. The molecule has 0 aliphatic heterocycles. The van der Waals surface area contributed by atoms with Crippen molar-refractivity contribution < 1.29 is 9.72 Å². The van der Waals surface area contributed by atoms with Crippen LogP contribution in [0.25, 0.3) is 17.0 Å². The van der Waals surface area contributed by atoms with E-state index in [9.17, 15) is 20.2 Å². The summed E-state index contributed by atoms with van der Waals surface area (Å²) in [6, 6.07) is 13.6. The Bertz CT molecular complexity index is 1090. The van der Waals surface area contributed by atoms with Gasteiger partial charge in [-0.15, -0.1) is 0 Å². The number of aromatic amines is 1. The number of nitro benzene ring substituents is 1. The van der Waals surface area contributed by atoms with Crippen LogP contribution in [0.3, 0.4) is 0 Å². The van der Waals surface area contributed by atoms with E-state index in [1.807, 2.05) is 30.3 Å². The minimum absolute atomic E-state index is 0.0599. The lowest BCUT2D eigenvalue weighted by atomic mass is 10.1. The number of nitrogens with zero attached hydrogens (tertiary/aromatic N) is 2. The van der Waals surface area contributed by atoms with E-state index in [1.165, 1.54) is 24.3 Å². The second-order valence-electron chi connectivity index (χ2n) is 5.67. The predicted molar refractivity (Wildman–Crippen MR) is 98.4 cm³/mol. The van der Waals surface area contributed by atoms with Gasteiger partial charge in [0.25, 0.3) is 11.6 Å². The number of amides is 1. The molecule has 7 heteroatoms. The maximum atomic E-state index is 12.4. The number of nitro groups is 1. The van der Waals surface area contributed by atoms with Gasteiger partial charge in [0, 0.05) is 40.5 Å². The molecule has 0 aliphatic carbocycles. The molecule has 128 valence electrons. The number of carbonyl (C=O) groups excluding carboxylic acids is 1. The smallest absolute Gasteiger partial charge is 0.269 e. The minimum atomic E-state index is -0.574. The van der Waals surface area contributed by atoms with Crippen LogP contribution in [-0.2, 0) is 4.79 Å². The number of benzene rings is 2. The van der Waals surface area contributed by atoms with Crippen LogP contribution in [0.5, 0.6) is 0 Å². The Balaban J connectivity index is 1.88. The number of non-ortho nitro benzene ring substituents is 1. The molecule has 0 fully saturated rings. The van der Waals surface area contributed by atoms with E-state index >= 15 is 0 Å². The van der Waals surface area contributed by atoms with Crippen molar-refractivity contribution in [3.05, 3.63) is 75.5 Å². The van der Waals surface area contributed by atoms with Crippen molar-refractivity contribution >= 4 is 34.3 Å². The van der Waals surface area contributed by atoms with Crippen molar-refractivity contribution in [1.29, 1.82) is 5.26 Å². The summed E-state index contributed by atoms with van der Waals surface area (Å²) in [5.41, 5.74) is 2.47. The van der Waals surface area contributed by atoms with Crippen molar-refractivity contribution in [2.24, 2.45) is 0 Å². The molecule has 3 rings (SSSR count). The van der Waals surface area contributed by atoms with Gasteiger partial charge in [-0.05, 0) is 30.7 Å². The van der Waals surface area contributed by atoms with Crippen molar-refractivity contribution in [1.82, 2.24) is 4.98 Å². The fourth-order valence-electron chi connectivity index (χ4n) is 2.61. The molecule has 1 heterocycles. The van der Waals surface area contributed by atoms with Gasteiger partial charge in [-0.1, -0.05) is 18.2 Å². The van der Waals surface area contributed by atoms with Crippen molar-refractivity contribution in [3.63, 3.8) is 0 Å². The number of fused-ring (bicyclic) bond motifs is 1. The zero-order valence-corrected chi connectivity index (χ0v) is 13.8. The van der Waals surface area contributed by atoms with E-state index in [1.54, 1.807) is 13.1 Å². The number of aryl methyl sites for hydroxylation is 1. The predicted octanol–water partition coefficient (Wildman–Crippen LogP) is 3.93. The van der Waals surface area contributed by atoms with Crippen LogP contribution in [0, 0.1) is 28.4 Å². The van der Waals surface area contributed by atoms with E-state index in [2.05, 4.69) is 10.3 Å². The summed E-state index contributed by atoms with van der Waals surface area (Å²) in [4.78, 5) is 25.8. The largest absolute Gasteiger partial charge is 0.361 e. The average Bonchev–Trinajstić information content (AvgIpc) is 3.04. The zero-order valence-electron chi connectivity index (χ0n) is 13.8. The van der Waals surface area contributed by atoms with E-state index in [4.69, 9.17) is 0 Å². The molecule has 0 aliphatic rings. The molecule has 1 amide bonds. The third-order valence-electron chi connectivity index (χ3n) is 3.96. The second-order valence-corrected chi connectivity index (χ2v) is 5.67. The van der Waals surface area contributed by atoms with E-state index in [-0.39, 0.29) is 11.3 Å². The number of rotatable bonds is 4. The van der Waals surface area contributed by atoms with Gasteiger partial charge in [0.2, 0.25) is 0 Å². The minimum Gasteiger partial charge on any atom is -0.361 e. The summed E-state index contributed by atoms with van der Waals surface area (Å²) >= 11 is 0. The quantitative estimate of drug-likeness (QED) is 0.322. The molecule has 26 heavy (non-hydrogen) atoms. The van der Waals surface area contributed by atoms with Crippen LogP contribution >= 0.6 is 0 Å². The van der Waals surface area contributed by atoms with Gasteiger partial charge in [-0.2, -0.15) is 5.26 Å². The van der Waals surface area contributed by atoms with Gasteiger partial charge in [0.1, 0.15) is 11.6 Å². The summed E-state index contributed by atoms with van der Waals surface area (Å²) in [6.07, 6.45) is 3.24. The fourth-order valence-corrected chi connectivity index (χ4v) is 2.61. The van der Waals surface area contributed by atoms with Crippen LogP contribution in [-0.4, -0.2) is 15.8 Å². The number of nitriles is 1. The van der Waals surface area contributed by atoms with E-state index in [0.29, 0.717) is 11.3 Å². The van der Waals surface area contributed by atoms with Crippen molar-refractivity contribution in [3.8, 4) is 6.07 Å². The molecule has 1 aromatic heterocycles. The number of aromatic nitrogens is 1. The molecular weight excluding hydrogens is 332 g/mol. The first-order chi connectivity index (χ1) is 12.5. The third-order valence-corrected chi connectivity index (χ3v) is 3.96. The Morgan fingerprint density at radius 2 is 2.08 bits per heavy atom. The average molecular weight is 346 g/mol. The van der Waals surface area contributed by atoms with E-state index < -0.39 is 10.8 Å². The Hall–Kier alpha value is -3.92. The lowest BCUT2D eigenvalue weighted by Crippen LogP contribution is -2.14. The number of carbonyl (C=O) groups is 1. The Kier molecular flexibility index (Phi) is 4.50.